The van der Waals surface area contributed by atoms with Crippen molar-refractivity contribution < 1.29 is 14.0 Å². The normalized spacial score (nSPS) is 11.9. The second kappa shape index (κ2) is 5.85. The third kappa shape index (κ3) is 2.78. The van der Waals surface area contributed by atoms with Crippen molar-refractivity contribution in [3.63, 3.8) is 0 Å². The molecule has 0 unspecified atom stereocenters. The van der Waals surface area contributed by atoms with Gasteiger partial charge in [-0.3, -0.25) is 14.5 Å². The van der Waals surface area contributed by atoms with Gasteiger partial charge in [0.15, 0.2) is 0 Å². The SMILES string of the molecule is CCOC(OCC)(P=O)c1cnccn1. The Kier molecular flexibility index (Phi) is 4.75. The molecule has 0 atom stereocenters. The van der Waals surface area contributed by atoms with Crippen molar-refractivity contribution >= 4 is 8.46 Å². The molecule has 0 radical (unpaired) electrons. The zero-order chi connectivity index (χ0) is 11.1. The fourth-order valence-electron chi connectivity index (χ4n) is 1.14. The number of nitrogens with zero attached hydrogens (tertiary/aromatic N) is 2. The van der Waals surface area contributed by atoms with Crippen LogP contribution in [0.2, 0.25) is 0 Å². The highest BCUT2D eigenvalue weighted by atomic mass is 31.1. The van der Waals surface area contributed by atoms with Crippen molar-refractivity contribution in [1.29, 1.82) is 0 Å². The molecule has 0 aliphatic heterocycles. The Morgan fingerprint density at radius 1 is 1.33 bits per heavy atom. The Hall–Kier alpha value is -0.900. The van der Waals surface area contributed by atoms with Crippen LogP contribution in [0.25, 0.3) is 0 Å². The van der Waals surface area contributed by atoms with Crippen LogP contribution in [0.5, 0.6) is 0 Å². The maximum Gasteiger partial charge on any atom is 0.297 e. The first-order valence-electron chi connectivity index (χ1n) is 4.68. The Labute approximate surface area is 90.0 Å². The van der Waals surface area contributed by atoms with Gasteiger partial charge in [0.2, 0.25) is 8.46 Å². The van der Waals surface area contributed by atoms with Crippen LogP contribution in [0, 0.1) is 0 Å². The summed E-state index contributed by atoms with van der Waals surface area (Å²) in [4.78, 5) is 7.94. The average Bonchev–Trinajstić information content (AvgIpc) is 2.30. The fraction of sp³-hybridized carbons (Fsp3) is 0.556. The van der Waals surface area contributed by atoms with Crippen molar-refractivity contribution in [2.24, 2.45) is 0 Å². The molecule has 0 aliphatic rings. The minimum absolute atomic E-state index is 0.282. The summed E-state index contributed by atoms with van der Waals surface area (Å²) in [5.74, 6) is 0. The van der Waals surface area contributed by atoms with E-state index in [2.05, 4.69) is 9.97 Å². The molecular weight excluding hydrogens is 215 g/mol. The molecule has 0 aliphatic carbocycles. The second-order valence-electron chi connectivity index (χ2n) is 2.63. The molecule has 0 fully saturated rings. The molecule has 82 valence electrons. The van der Waals surface area contributed by atoms with E-state index < -0.39 is 5.53 Å². The van der Waals surface area contributed by atoms with E-state index in [1.165, 1.54) is 18.6 Å². The molecule has 0 aromatic carbocycles. The predicted molar refractivity (Wildman–Crippen MR) is 54.6 cm³/mol. The molecule has 15 heavy (non-hydrogen) atoms. The van der Waals surface area contributed by atoms with Crippen LogP contribution in [-0.4, -0.2) is 23.2 Å². The van der Waals surface area contributed by atoms with Gasteiger partial charge in [0.05, 0.1) is 6.20 Å². The molecule has 1 rings (SSSR count). The lowest BCUT2D eigenvalue weighted by Crippen LogP contribution is -2.28. The van der Waals surface area contributed by atoms with E-state index in [0.717, 1.165) is 0 Å². The van der Waals surface area contributed by atoms with Gasteiger partial charge in [0, 0.05) is 25.6 Å². The summed E-state index contributed by atoms with van der Waals surface area (Å²) in [5, 5.41) is 0. The molecule has 0 spiro atoms. The lowest BCUT2D eigenvalue weighted by molar-refractivity contribution is -0.179. The molecule has 0 saturated heterocycles. The number of hydrogen-bond acceptors (Lipinski definition) is 5. The van der Waals surface area contributed by atoms with Crippen LogP contribution >= 0.6 is 8.46 Å². The van der Waals surface area contributed by atoms with Gasteiger partial charge in [-0.1, -0.05) is 0 Å². The Balaban J connectivity index is 3.03. The largest absolute Gasteiger partial charge is 0.336 e. The smallest absolute Gasteiger partial charge is 0.297 e. The van der Waals surface area contributed by atoms with Crippen LogP contribution in [0.1, 0.15) is 19.5 Å². The van der Waals surface area contributed by atoms with Crippen LogP contribution in [0.4, 0.5) is 0 Å². The maximum absolute atomic E-state index is 11.2. The van der Waals surface area contributed by atoms with E-state index in [1.54, 1.807) is 13.8 Å². The summed E-state index contributed by atoms with van der Waals surface area (Å²) < 4.78 is 21.9. The van der Waals surface area contributed by atoms with Gasteiger partial charge in [0.25, 0.3) is 5.53 Å². The number of ether oxygens (including phenoxy) is 2. The quantitative estimate of drug-likeness (QED) is 0.550. The number of aromatic nitrogens is 2. The molecule has 1 heterocycles. The monoisotopic (exact) mass is 228 g/mol. The van der Waals surface area contributed by atoms with Gasteiger partial charge in [-0.2, -0.15) is 0 Å². The van der Waals surface area contributed by atoms with E-state index >= 15 is 0 Å². The topological polar surface area (TPSA) is 61.3 Å². The third-order valence-electron chi connectivity index (χ3n) is 1.69. The van der Waals surface area contributed by atoms with Crippen molar-refractivity contribution in [3.05, 3.63) is 24.3 Å². The molecule has 0 bridgehead atoms. The standard InChI is InChI=1S/C9H13N2O3P/c1-3-13-9(15-12,14-4-2)8-7-10-5-6-11-8/h5-7H,3-4H2,1-2H3. The van der Waals surface area contributed by atoms with Crippen LogP contribution in [-0.2, 0) is 19.6 Å². The fourth-order valence-corrected chi connectivity index (χ4v) is 1.72. The van der Waals surface area contributed by atoms with E-state index in [9.17, 15) is 4.57 Å². The van der Waals surface area contributed by atoms with Gasteiger partial charge in [-0.25, -0.2) is 0 Å². The highest BCUT2D eigenvalue weighted by molar-refractivity contribution is 7.24. The molecule has 0 saturated carbocycles. The number of rotatable bonds is 6. The summed E-state index contributed by atoms with van der Waals surface area (Å²) in [7, 11) is -0.282. The first-order chi connectivity index (χ1) is 7.29. The van der Waals surface area contributed by atoms with Crippen LogP contribution in [0.15, 0.2) is 18.6 Å². The first kappa shape index (κ1) is 12.2. The summed E-state index contributed by atoms with van der Waals surface area (Å²) in [6.45, 7) is 4.36. The Bertz CT molecular complexity index is 301. The molecule has 5 nitrogen and oxygen atoms in total. The van der Waals surface area contributed by atoms with Gasteiger partial charge >= 0.3 is 0 Å². The van der Waals surface area contributed by atoms with E-state index in [-0.39, 0.29) is 8.46 Å². The van der Waals surface area contributed by atoms with E-state index in [4.69, 9.17) is 9.47 Å². The Morgan fingerprint density at radius 2 is 2.00 bits per heavy atom. The average molecular weight is 228 g/mol. The van der Waals surface area contributed by atoms with Gasteiger partial charge in [-0.05, 0) is 13.8 Å². The number of hydrogen-bond donors (Lipinski definition) is 0. The van der Waals surface area contributed by atoms with Crippen LogP contribution < -0.4 is 0 Å². The lowest BCUT2D eigenvalue weighted by Gasteiger charge is -2.24. The summed E-state index contributed by atoms with van der Waals surface area (Å²) in [5.41, 5.74) is -0.914. The summed E-state index contributed by atoms with van der Waals surface area (Å²) >= 11 is 0. The van der Waals surface area contributed by atoms with Crippen molar-refractivity contribution in [3.8, 4) is 0 Å². The second-order valence-corrected chi connectivity index (χ2v) is 3.40. The molecule has 0 amide bonds. The minimum Gasteiger partial charge on any atom is -0.336 e. The highest BCUT2D eigenvalue weighted by Crippen LogP contribution is 2.36. The molecule has 6 heteroatoms. The molecule has 0 N–H and O–H groups in total. The zero-order valence-electron chi connectivity index (χ0n) is 8.71. The predicted octanol–water partition coefficient (Wildman–Crippen LogP) is 1.95. The van der Waals surface area contributed by atoms with Crippen molar-refractivity contribution in [2.45, 2.75) is 19.4 Å². The zero-order valence-corrected chi connectivity index (χ0v) is 9.61. The van der Waals surface area contributed by atoms with Crippen molar-refractivity contribution in [1.82, 2.24) is 9.97 Å². The van der Waals surface area contributed by atoms with Gasteiger partial charge < -0.3 is 9.47 Å². The van der Waals surface area contributed by atoms with Gasteiger partial charge in [0.1, 0.15) is 5.69 Å². The highest BCUT2D eigenvalue weighted by Gasteiger charge is 2.37. The maximum atomic E-state index is 11.2. The molecular formula is C9H13N2O3P. The molecule has 1 aromatic rings. The first-order valence-corrected chi connectivity index (χ1v) is 5.49. The molecule has 1 aromatic heterocycles. The summed E-state index contributed by atoms with van der Waals surface area (Å²) in [6.07, 6.45) is 4.53. The summed E-state index contributed by atoms with van der Waals surface area (Å²) in [6, 6.07) is 0. The van der Waals surface area contributed by atoms with E-state index in [0.29, 0.717) is 18.9 Å². The minimum atomic E-state index is -1.32. The van der Waals surface area contributed by atoms with Crippen LogP contribution in [0.3, 0.4) is 0 Å². The lowest BCUT2D eigenvalue weighted by atomic mass is 10.4. The Morgan fingerprint density at radius 3 is 2.40 bits per heavy atom. The van der Waals surface area contributed by atoms with E-state index in [1.807, 2.05) is 0 Å². The van der Waals surface area contributed by atoms with Crippen molar-refractivity contribution in [2.75, 3.05) is 13.2 Å². The third-order valence-corrected chi connectivity index (χ3v) is 2.41. The van der Waals surface area contributed by atoms with Gasteiger partial charge in [-0.15, -0.1) is 0 Å².